The van der Waals surface area contributed by atoms with Crippen molar-refractivity contribution < 1.29 is 9.34 Å². The zero-order valence-corrected chi connectivity index (χ0v) is 17.6. The monoisotopic (exact) mass is 476 g/mol. The van der Waals surface area contributed by atoms with Gasteiger partial charge in [-0.25, -0.2) is 4.98 Å². The number of nitro groups is 1. The molecule has 2 heterocycles. The van der Waals surface area contributed by atoms with E-state index in [1.54, 1.807) is 49.4 Å². The maximum Gasteiger partial charge on any atom is 0.280 e. The van der Waals surface area contributed by atoms with Gasteiger partial charge >= 0.3 is 0 Å². The Morgan fingerprint density at radius 1 is 1.26 bits per heavy atom. The van der Waals surface area contributed by atoms with E-state index in [0.717, 1.165) is 10.0 Å². The smallest absolute Gasteiger partial charge is 0.280 e. The van der Waals surface area contributed by atoms with Crippen molar-refractivity contribution >= 4 is 44.2 Å². The van der Waals surface area contributed by atoms with E-state index in [9.17, 15) is 20.2 Å². The lowest BCUT2D eigenvalue weighted by atomic mass is 10.1. The van der Waals surface area contributed by atoms with E-state index in [1.807, 2.05) is 6.07 Å². The molecule has 9 heteroatoms. The Bertz CT molecular complexity index is 1480. The van der Waals surface area contributed by atoms with E-state index in [0.29, 0.717) is 28.0 Å². The molecule has 0 spiro atoms. The third-order valence-electron chi connectivity index (χ3n) is 4.57. The topological polar surface area (TPSA) is 126 Å². The van der Waals surface area contributed by atoms with Gasteiger partial charge in [-0.05, 0) is 48.9 Å². The zero-order valence-electron chi connectivity index (χ0n) is 16.0. The van der Waals surface area contributed by atoms with Crippen LogP contribution in [0.2, 0.25) is 0 Å². The summed E-state index contributed by atoms with van der Waals surface area (Å²) in [4.78, 5) is 30.3. The highest BCUT2D eigenvalue weighted by atomic mass is 79.9. The fourth-order valence-electron chi connectivity index (χ4n) is 3.11. The predicted molar refractivity (Wildman–Crippen MR) is 119 cm³/mol. The molecule has 1 N–H and O–H groups in total. The third kappa shape index (κ3) is 4.01. The highest BCUT2D eigenvalue weighted by Crippen LogP contribution is 2.32. The van der Waals surface area contributed by atoms with E-state index < -0.39 is 4.92 Å². The first-order valence-corrected chi connectivity index (χ1v) is 9.82. The van der Waals surface area contributed by atoms with Gasteiger partial charge in [0.05, 0.1) is 27.0 Å². The lowest BCUT2D eigenvalue weighted by molar-refractivity contribution is -0.384. The quantitative estimate of drug-likeness (QED) is 0.244. The van der Waals surface area contributed by atoms with Crippen LogP contribution in [0, 0.1) is 28.4 Å². The van der Waals surface area contributed by atoms with Crippen LogP contribution in [0.3, 0.4) is 0 Å². The fraction of sp³-hybridized carbons (Fsp3) is 0.0455. The Morgan fingerprint density at radius 3 is 2.81 bits per heavy atom. The molecule has 0 fully saturated rings. The van der Waals surface area contributed by atoms with Gasteiger partial charge in [-0.15, -0.1) is 0 Å². The number of fused-ring (bicyclic) bond motifs is 1. The SMILES string of the molecule is Cc1ccc(-c2ccc(C=C(C#N)c3nc4ccc(Br)cc4c(=O)[nH]3)o2)c([N+](=O)[O-])c1. The van der Waals surface area contributed by atoms with Crippen LogP contribution in [0.4, 0.5) is 5.69 Å². The van der Waals surface area contributed by atoms with Crippen LogP contribution in [-0.4, -0.2) is 14.9 Å². The zero-order chi connectivity index (χ0) is 22.1. The molecule has 152 valence electrons. The molecule has 0 aliphatic carbocycles. The molecule has 0 amide bonds. The van der Waals surface area contributed by atoms with Gasteiger partial charge in [0.2, 0.25) is 0 Å². The molecule has 0 saturated carbocycles. The number of nitriles is 1. The number of H-pyrrole nitrogens is 1. The summed E-state index contributed by atoms with van der Waals surface area (Å²) >= 11 is 3.31. The second kappa shape index (κ2) is 8.01. The van der Waals surface area contributed by atoms with Crippen LogP contribution in [0.5, 0.6) is 0 Å². The van der Waals surface area contributed by atoms with Crippen LogP contribution in [-0.2, 0) is 0 Å². The van der Waals surface area contributed by atoms with Crippen molar-refractivity contribution in [2.24, 2.45) is 0 Å². The molecule has 0 aliphatic heterocycles. The Kier molecular flexibility index (Phi) is 5.23. The number of benzene rings is 2. The number of nitro benzene ring substituents is 1. The van der Waals surface area contributed by atoms with Gasteiger partial charge in [0, 0.05) is 16.6 Å². The second-order valence-corrected chi connectivity index (χ2v) is 7.64. The van der Waals surface area contributed by atoms with E-state index in [-0.39, 0.29) is 22.6 Å². The molecule has 31 heavy (non-hydrogen) atoms. The van der Waals surface area contributed by atoms with Gasteiger partial charge in [0.1, 0.15) is 17.6 Å². The minimum atomic E-state index is -0.469. The largest absolute Gasteiger partial charge is 0.456 e. The first-order valence-electron chi connectivity index (χ1n) is 9.03. The molecule has 4 aromatic rings. The highest BCUT2D eigenvalue weighted by molar-refractivity contribution is 9.10. The van der Waals surface area contributed by atoms with Gasteiger partial charge in [-0.1, -0.05) is 22.0 Å². The summed E-state index contributed by atoms with van der Waals surface area (Å²) in [6.45, 7) is 1.77. The number of rotatable bonds is 4. The summed E-state index contributed by atoms with van der Waals surface area (Å²) in [5.41, 5.74) is 1.17. The van der Waals surface area contributed by atoms with E-state index in [1.165, 1.54) is 12.1 Å². The molecular formula is C22H13BrN4O4. The second-order valence-electron chi connectivity index (χ2n) is 6.73. The fourth-order valence-corrected chi connectivity index (χ4v) is 3.47. The van der Waals surface area contributed by atoms with Crippen molar-refractivity contribution in [3.8, 4) is 17.4 Å². The number of halogens is 1. The summed E-state index contributed by atoms with van der Waals surface area (Å²) in [5, 5.41) is 21.4. The molecule has 0 radical (unpaired) electrons. The summed E-state index contributed by atoms with van der Waals surface area (Å²) in [6.07, 6.45) is 1.42. The molecule has 2 aromatic carbocycles. The number of hydrogen-bond donors (Lipinski definition) is 1. The van der Waals surface area contributed by atoms with Crippen molar-refractivity contribution in [3.05, 3.63) is 90.6 Å². The average Bonchev–Trinajstić information content (AvgIpc) is 3.20. The predicted octanol–water partition coefficient (Wildman–Crippen LogP) is 5.23. The minimum absolute atomic E-state index is 0.0722. The lowest BCUT2D eigenvalue weighted by Crippen LogP contribution is -2.11. The first-order chi connectivity index (χ1) is 14.9. The van der Waals surface area contributed by atoms with Gasteiger partial charge in [0.15, 0.2) is 5.82 Å². The van der Waals surface area contributed by atoms with E-state index >= 15 is 0 Å². The minimum Gasteiger partial charge on any atom is -0.456 e. The molecule has 0 aliphatic rings. The maximum atomic E-state index is 12.4. The van der Waals surface area contributed by atoms with Crippen molar-refractivity contribution in [3.63, 3.8) is 0 Å². The van der Waals surface area contributed by atoms with Crippen molar-refractivity contribution in [2.45, 2.75) is 6.92 Å². The molecule has 8 nitrogen and oxygen atoms in total. The summed E-state index contributed by atoms with van der Waals surface area (Å²) in [5.74, 6) is 0.682. The molecule has 0 bridgehead atoms. The van der Waals surface area contributed by atoms with Crippen LogP contribution >= 0.6 is 15.9 Å². The van der Waals surface area contributed by atoms with Gasteiger partial charge in [-0.2, -0.15) is 5.26 Å². The third-order valence-corrected chi connectivity index (χ3v) is 5.07. The number of allylic oxidation sites excluding steroid dienone is 1. The van der Waals surface area contributed by atoms with Crippen LogP contribution in [0.15, 0.2) is 62.2 Å². The number of aromatic nitrogens is 2. The molecule has 0 unspecified atom stereocenters. The number of aromatic amines is 1. The van der Waals surface area contributed by atoms with Crippen LogP contribution in [0.25, 0.3) is 33.9 Å². The molecule has 4 rings (SSSR count). The van der Waals surface area contributed by atoms with Gasteiger partial charge < -0.3 is 9.40 Å². The Labute approximate surface area is 183 Å². The van der Waals surface area contributed by atoms with E-state index in [2.05, 4.69) is 25.9 Å². The number of hydrogen-bond acceptors (Lipinski definition) is 6. The molecule has 0 atom stereocenters. The summed E-state index contributed by atoms with van der Waals surface area (Å²) in [6, 6.07) is 15.1. The number of nitrogens with one attached hydrogen (secondary N) is 1. The average molecular weight is 477 g/mol. The highest BCUT2D eigenvalue weighted by Gasteiger charge is 2.18. The molecule has 2 aromatic heterocycles. The Morgan fingerprint density at radius 2 is 2.06 bits per heavy atom. The van der Waals surface area contributed by atoms with Crippen molar-refractivity contribution in [1.82, 2.24) is 9.97 Å². The maximum absolute atomic E-state index is 12.4. The standard InChI is InChI=1S/C22H13BrN4O4/c1-12-2-5-16(19(8-12)27(29)30)20-7-4-15(31-20)9-13(11-24)21-25-18-6-3-14(23)10-17(18)22(28)26-21/h2-10H,1H3,(H,25,26,28). The van der Waals surface area contributed by atoms with E-state index in [4.69, 9.17) is 4.42 Å². The normalized spacial score (nSPS) is 11.5. The molecular weight excluding hydrogens is 464 g/mol. The first kappa shape index (κ1) is 20.3. The van der Waals surface area contributed by atoms with Crippen LogP contribution in [0.1, 0.15) is 17.1 Å². The van der Waals surface area contributed by atoms with Gasteiger partial charge in [-0.3, -0.25) is 14.9 Å². The van der Waals surface area contributed by atoms with Crippen molar-refractivity contribution in [1.29, 1.82) is 5.26 Å². The Hall–Kier alpha value is -4.03. The van der Waals surface area contributed by atoms with Gasteiger partial charge in [0.25, 0.3) is 11.2 Å². The van der Waals surface area contributed by atoms with Crippen LogP contribution < -0.4 is 5.56 Å². The summed E-state index contributed by atoms with van der Waals surface area (Å²) < 4.78 is 6.47. The number of nitrogens with zero attached hydrogens (tertiary/aromatic N) is 3. The molecule has 0 saturated heterocycles. The van der Waals surface area contributed by atoms with Crippen molar-refractivity contribution in [2.75, 3.05) is 0 Å². The summed E-state index contributed by atoms with van der Waals surface area (Å²) in [7, 11) is 0. The number of aryl methyl sites for hydroxylation is 1. The Balaban J connectivity index is 1.76. The number of furan rings is 1. The lowest BCUT2D eigenvalue weighted by Gasteiger charge is -2.02.